The first-order valence-corrected chi connectivity index (χ1v) is 12.6. The van der Waals surface area contributed by atoms with Crippen molar-refractivity contribution in [1.29, 1.82) is 0 Å². The van der Waals surface area contributed by atoms with E-state index < -0.39 is 0 Å². The first-order valence-electron chi connectivity index (χ1n) is 11.0. The summed E-state index contributed by atoms with van der Waals surface area (Å²) in [7, 11) is 0. The third kappa shape index (κ3) is 2.90. The van der Waals surface area contributed by atoms with Crippen LogP contribution >= 0.6 is 27.3 Å². The first kappa shape index (κ1) is 19.1. The average Bonchev–Trinajstić information content (AvgIpc) is 3.39. The highest BCUT2D eigenvalue weighted by Crippen LogP contribution is 2.43. The number of hydrogen-bond donors (Lipinski definition) is 0. The van der Waals surface area contributed by atoms with E-state index in [1.807, 2.05) is 11.3 Å². The van der Waals surface area contributed by atoms with Crippen molar-refractivity contribution < 1.29 is 0 Å². The highest BCUT2D eigenvalue weighted by atomic mass is 79.9. The summed E-state index contributed by atoms with van der Waals surface area (Å²) >= 11 is 5.53. The molecule has 3 heteroatoms. The Bertz CT molecular complexity index is 1830. The zero-order valence-corrected chi connectivity index (χ0v) is 20.0. The van der Waals surface area contributed by atoms with E-state index in [0.717, 1.165) is 4.47 Å². The molecular weight excluding hydrogens is 486 g/mol. The quantitative estimate of drug-likeness (QED) is 0.221. The van der Waals surface area contributed by atoms with E-state index in [1.165, 1.54) is 58.8 Å². The van der Waals surface area contributed by atoms with Gasteiger partial charge in [0.25, 0.3) is 0 Å². The fraction of sp³-hybridized carbons (Fsp3) is 0. The molecule has 33 heavy (non-hydrogen) atoms. The zero-order chi connectivity index (χ0) is 21.9. The molecule has 0 aliphatic heterocycles. The van der Waals surface area contributed by atoms with Gasteiger partial charge >= 0.3 is 0 Å². The van der Waals surface area contributed by atoms with E-state index in [1.54, 1.807) is 0 Å². The first-order chi connectivity index (χ1) is 16.3. The van der Waals surface area contributed by atoms with Crippen molar-refractivity contribution in [2.24, 2.45) is 0 Å². The average molecular weight is 504 g/mol. The second-order valence-electron chi connectivity index (χ2n) is 8.35. The molecule has 0 aliphatic rings. The number of hydrogen-bond acceptors (Lipinski definition) is 1. The van der Waals surface area contributed by atoms with Gasteiger partial charge in [0, 0.05) is 41.1 Å². The van der Waals surface area contributed by atoms with Crippen molar-refractivity contribution in [3.8, 4) is 16.8 Å². The van der Waals surface area contributed by atoms with Gasteiger partial charge in [-0.1, -0.05) is 82.7 Å². The zero-order valence-electron chi connectivity index (χ0n) is 17.6. The fourth-order valence-electron chi connectivity index (χ4n) is 4.99. The minimum Gasteiger partial charge on any atom is -0.309 e. The largest absolute Gasteiger partial charge is 0.309 e. The van der Waals surface area contributed by atoms with Crippen LogP contribution < -0.4 is 0 Å². The van der Waals surface area contributed by atoms with E-state index in [4.69, 9.17) is 0 Å². The minimum absolute atomic E-state index is 1.09. The standard InChI is InChI=1S/C30H18BrNS/c31-21-8-6-7-19(17-21)20-13-14-25-27(18-20)32(22-9-2-1-3-10-22)26-16-15-24-23-11-4-5-12-28(23)33-30(24)29(25)26/h1-18H. The molecule has 0 N–H and O–H groups in total. The normalized spacial score (nSPS) is 11.8. The summed E-state index contributed by atoms with van der Waals surface area (Å²) in [6, 6.07) is 39.4. The predicted molar refractivity (Wildman–Crippen MR) is 147 cm³/mol. The van der Waals surface area contributed by atoms with Gasteiger partial charge in [-0.2, -0.15) is 0 Å². The Hall–Kier alpha value is -3.40. The topological polar surface area (TPSA) is 4.93 Å². The van der Waals surface area contributed by atoms with Crippen LogP contribution in [-0.4, -0.2) is 4.57 Å². The molecule has 0 spiro atoms. The minimum atomic E-state index is 1.09. The van der Waals surface area contributed by atoms with E-state index in [9.17, 15) is 0 Å². The van der Waals surface area contributed by atoms with Gasteiger partial charge in [0.05, 0.1) is 11.0 Å². The molecule has 2 aromatic heterocycles. The third-order valence-corrected chi connectivity index (χ3v) is 8.14. The summed E-state index contributed by atoms with van der Waals surface area (Å²) in [5.74, 6) is 0. The molecule has 0 radical (unpaired) electrons. The van der Waals surface area contributed by atoms with Gasteiger partial charge in [-0.15, -0.1) is 11.3 Å². The maximum absolute atomic E-state index is 3.63. The van der Waals surface area contributed by atoms with Crippen molar-refractivity contribution in [2.75, 3.05) is 0 Å². The van der Waals surface area contributed by atoms with Gasteiger partial charge in [-0.05, 0) is 53.6 Å². The second kappa shape index (κ2) is 7.31. The molecule has 5 aromatic carbocycles. The van der Waals surface area contributed by atoms with E-state index in [-0.39, 0.29) is 0 Å². The number of halogens is 1. The summed E-state index contributed by atoms with van der Waals surface area (Å²) < 4.78 is 6.21. The Labute approximate surface area is 203 Å². The highest BCUT2D eigenvalue weighted by molar-refractivity contribution is 9.10. The molecule has 0 fully saturated rings. The maximum atomic E-state index is 3.63. The van der Waals surface area contributed by atoms with Gasteiger partial charge in [0.2, 0.25) is 0 Å². The number of para-hydroxylation sites is 1. The Kier molecular flexibility index (Phi) is 4.23. The van der Waals surface area contributed by atoms with Gasteiger partial charge in [-0.3, -0.25) is 0 Å². The van der Waals surface area contributed by atoms with Crippen LogP contribution in [0.15, 0.2) is 114 Å². The molecule has 0 aliphatic carbocycles. The Morgan fingerprint density at radius 2 is 1.36 bits per heavy atom. The number of fused-ring (bicyclic) bond motifs is 7. The Morgan fingerprint density at radius 3 is 2.24 bits per heavy atom. The summed E-state index contributed by atoms with van der Waals surface area (Å²) in [6.07, 6.45) is 0. The molecule has 156 valence electrons. The molecule has 0 saturated heterocycles. The summed E-state index contributed by atoms with van der Waals surface area (Å²) in [6.45, 7) is 0. The highest BCUT2D eigenvalue weighted by Gasteiger charge is 2.18. The monoisotopic (exact) mass is 503 g/mol. The smallest absolute Gasteiger partial charge is 0.0555 e. The number of aromatic nitrogens is 1. The molecule has 1 nitrogen and oxygen atoms in total. The second-order valence-corrected chi connectivity index (χ2v) is 10.3. The molecule has 0 saturated carbocycles. The van der Waals surface area contributed by atoms with Crippen LogP contribution in [0.4, 0.5) is 0 Å². The van der Waals surface area contributed by atoms with Gasteiger partial charge in [0.1, 0.15) is 0 Å². The van der Waals surface area contributed by atoms with Crippen LogP contribution in [0.5, 0.6) is 0 Å². The lowest BCUT2D eigenvalue weighted by molar-refractivity contribution is 1.18. The predicted octanol–water partition coefficient (Wildman–Crippen LogP) is 9.58. The van der Waals surface area contributed by atoms with Crippen LogP contribution in [-0.2, 0) is 0 Å². The molecule has 7 rings (SSSR count). The molecule has 2 heterocycles. The van der Waals surface area contributed by atoms with Crippen LogP contribution in [0.25, 0.3) is 58.8 Å². The molecule has 0 unspecified atom stereocenters. The van der Waals surface area contributed by atoms with Crippen molar-refractivity contribution in [2.45, 2.75) is 0 Å². The molecular formula is C30H18BrNS. The third-order valence-electron chi connectivity index (χ3n) is 6.45. The van der Waals surface area contributed by atoms with Crippen molar-refractivity contribution in [3.63, 3.8) is 0 Å². The molecule has 0 atom stereocenters. The van der Waals surface area contributed by atoms with Crippen LogP contribution in [0.3, 0.4) is 0 Å². The van der Waals surface area contributed by atoms with Crippen LogP contribution in [0.1, 0.15) is 0 Å². The van der Waals surface area contributed by atoms with Crippen LogP contribution in [0.2, 0.25) is 0 Å². The van der Waals surface area contributed by atoms with Crippen molar-refractivity contribution in [3.05, 3.63) is 114 Å². The SMILES string of the molecule is Brc1cccc(-c2ccc3c4c5sc6ccccc6c5ccc4n(-c4ccccc4)c3c2)c1. The van der Waals surface area contributed by atoms with E-state index in [0.29, 0.717) is 0 Å². The summed E-state index contributed by atoms with van der Waals surface area (Å²) in [4.78, 5) is 0. The van der Waals surface area contributed by atoms with Crippen molar-refractivity contribution >= 4 is 69.2 Å². The number of rotatable bonds is 2. The van der Waals surface area contributed by atoms with Gasteiger partial charge in [0.15, 0.2) is 0 Å². The lowest BCUT2D eigenvalue weighted by Crippen LogP contribution is -1.93. The van der Waals surface area contributed by atoms with E-state index in [2.05, 4.69) is 130 Å². The fourth-order valence-corrected chi connectivity index (χ4v) is 6.64. The lowest BCUT2D eigenvalue weighted by atomic mass is 10.0. The Balaban J connectivity index is 1.64. The lowest BCUT2D eigenvalue weighted by Gasteiger charge is -2.09. The summed E-state index contributed by atoms with van der Waals surface area (Å²) in [5, 5.41) is 5.31. The van der Waals surface area contributed by atoms with Gasteiger partial charge < -0.3 is 4.57 Å². The maximum Gasteiger partial charge on any atom is 0.0555 e. The molecule has 0 amide bonds. The molecule has 7 aromatic rings. The number of nitrogens with zero attached hydrogens (tertiary/aromatic N) is 1. The van der Waals surface area contributed by atoms with Gasteiger partial charge in [-0.25, -0.2) is 0 Å². The van der Waals surface area contributed by atoms with Crippen molar-refractivity contribution in [1.82, 2.24) is 4.57 Å². The molecule has 0 bridgehead atoms. The summed E-state index contributed by atoms with van der Waals surface area (Å²) in [5.41, 5.74) is 6.10. The number of thiophene rings is 1. The number of benzene rings is 5. The van der Waals surface area contributed by atoms with E-state index >= 15 is 0 Å². The Morgan fingerprint density at radius 1 is 0.576 bits per heavy atom. The van der Waals surface area contributed by atoms with Crippen LogP contribution in [0, 0.1) is 0 Å².